The minimum atomic E-state index is 0.209. The quantitative estimate of drug-likeness (QED) is 0.515. The number of benzene rings is 1. The van der Waals surface area contributed by atoms with Gasteiger partial charge in [0.2, 0.25) is 0 Å². The Morgan fingerprint density at radius 3 is 2.47 bits per heavy atom. The molecule has 1 aliphatic carbocycles. The van der Waals surface area contributed by atoms with Crippen molar-refractivity contribution < 1.29 is 0 Å². The van der Waals surface area contributed by atoms with Crippen LogP contribution in [0.2, 0.25) is 0 Å². The Bertz CT molecular complexity index is 348. The molecule has 0 spiro atoms. The second-order valence-electron chi connectivity index (χ2n) is 6.04. The number of rotatable bonds is 7. The maximum absolute atomic E-state index is 6.54. The van der Waals surface area contributed by atoms with Crippen molar-refractivity contribution in [1.82, 2.24) is 0 Å². The van der Waals surface area contributed by atoms with Gasteiger partial charge in [-0.05, 0) is 42.7 Å². The van der Waals surface area contributed by atoms with E-state index in [0.717, 1.165) is 12.3 Å². The number of unbranched alkanes of at least 4 members (excludes halogenated alkanes) is 1. The number of alkyl halides is 1. The van der Waals surface area contributed by atoms with E-state index in [9.17, 15) is 0 Å². The average Bonchev–Trinajstić information content (AvgIpc) is 2.96. The van der Waals surface area contributed by atoms with Gasteiger partial charge >= 0.3 is 0 Å². The van der Waals surface area contributed by atoms with Crippen molar-refractivity contribution >= 4 is 11.6 Å². The Kier molecular flexibility index (Phi) is 6.23. The maximum atomic E-state index is 6.54. The van der Waals surface area contributed by atoms with Gasteiger partial charge in [0.05, 0.1) is 5.38 Å². The first kappa shape index (κ1) is 14.9. The number of aryl methyl sites for hydroxylation is 1. The van der Waals surface area contributed by atoms with E-state index in [2.05, 4.69) is 31.2 Å². The highest BCUT2D eigenvalue weighted by atomic mass is 35.5. The van der Waals surface area contributed by atoms with Gasteiger partial charge in [0.1, 0.15) is 0 Å². The van der Waals surface area contributed by atoms with E-state index in [1.807, 2.05) is 0 Å². The van der Waals surface area contributed by atoms with Gasteiger partial charge in [-0.15, -0.1) is 11.6 Å². The normalized spacial score (nSPS) is 17.8. The van der Waals surface area contributed by atoms with Crippen molar-refractivity contribution in [2.24, 2.45) is 5.92 Å². The van der Waals surface area contributed by atoms with E-state index in [4.69, 9.17) is 11.6 Å². The Labute approximate surface area is 123 Å². The fourth-order valence-corrected chi connectivity index (χ4v) is 3.39. The molecule has 0 saturated heterocycles. The zero-order valence-corrected chi connectivity index (χ0v) is 13.0. The molecule has 2 rings (SSSR count). The van der Waals surface area contributed by atoms with Gasteiger partial charge in [-0.1, -0.05) is 63.3 Å². The number of halogens is 1. The monoisotopic (exact) mass is 278 g/mol. The van der Waals surface area contributed by atoms with E-state index in [0.29, 0.717) is 0 Å². The Morgan fingerprint density at radius 1 is 1.16 bits per heavy atom. The minimum Gasteiger partial charge on any atom is -0.118 e. The molecule has 1 saturated carbocycles. The van der Waals surface area contributed by atoms with Crippen LogP contribution in [0.5, 0.6) is 0 Å². The molecular weight excluding hydrogens is 252 g/mol. The van der Waals surface area contributed by atoms with E-state index in [-0.39, 0.29) is 5.38 Å². The molecule has 1 aliphatic rings. The van der Waals surface area contributed by atoms with E-state index in [1.54, 1.807) is 0 Å². The molecule has 1 unspecified atom stereocenters. The first-order valence-electron chi connectivity index (χ1n) is 8.02. The molecule has 106 valence electrons. The average molecular weight is 279 g/mol. The molecular formula is C18H27Cl. The molecule has 1 atom stereocenters. The maximum Gasteiger partial charge on any atom is 0.0585 e. The van der Waals surface area contributed by atoms with Gasteiger partial charge in [-0.25, -0.2) is 0 Å². The summed E-state index contributed by atoms with van der Waals surface area (Å²) in [6.45, 7) is 2.24. The van der Waals surface area contributed by atoms with Gasteiger partial charge in [-0.3, -0.25) is 0 Å². The fraction of sp³-hybridized carbons (Fsp3) is 0.667. The molecule has 0 N–H and O–H groups in total. The third kappa shape index (κ3) is 4.84. The zero-order valence-electron chi connectivity index (χ0n) is 12.2. The number of hydrogen-bond acceptors (Lipinski definition) is 0. The smallest absolute Gasteiger partial charge is 0.0585 e. The molecule has 0 aromatic heterocycles. The molecule has 0 bridgehead atoms. The van der Waals surface area contributed by atoms with Crippen LogP contribution in [0.15, 0.2) is 24.3 Å². The second kappa shape index (κ2) is 7.94. The first-order valence-corrected chi connectivity index (χ1v) is 8.46. The summed E-state index contributed by atoms with van der Waals surface area (Å²) in [4.78, 5) is 0. The van der Waals surface area contributed by atoms with Crippen LogP contribution in [0.25, 0.3) is 0 Å². The van der Waals surface area contributed by atoms with Gasteiger partial charge < -0.3 is 0 Å². The van der Waals surface area contributed by atoms with Crippen LogP contribution >= 0.6 is 11.6 Å². The highest BCUT2D eigenvalue weighted by molar-refractivity contribution is 6.20. The lowest BCUT2D eigenvalue weighted by Gasteiger charge is -2.14. The second-order valence-corrected chi connectivity index (χ2v) is 6.57. The van der Waals surface area contributed by atoms with Crippen molar-refractivity contribution in [3.8, 4) is 0 Å². The molecule has 19 heavy (non-hydrogen) atoms. The molecule has 1 heteroatoms. The predicted molar refractivity (Wildman–Crippen MR) is 84.8 cm³/mol. The predicted octanol–water partition coefficient (Wildman–Crippen LogP) is 6.28. The summed E-state index contributed by atoms with van der Waals surface area (Å²) >= 11 is 6.54. The lowest BCUT2D eigenvalue weighted by Crippen LogP contribution is -1.98. The van der Waals surface area contributed by atoms with Crippen molar-refractivity contribution in [3.63, 3.8) is 0 Å². The van der Waals surface area contributed by atoms with Crippen LogP contribution in [-0.2, 0) is 6.42 Å². The largest absolute Gasteiger partial charge is 0.118 e. The molecule has 0 aliphatic heterocycles. The molecule has 0 radical (unpaired) electrons. The van der Waals surface area contributed by atoms with Gasteiger partial charge in [0.25, 0.3) is 0 Å². The molecule has 1 aromatic rings. The lowest BCUT2D eigenvalue weighted by molar-refractivity contribution is 0.480. The molecule has 0 amide bonds. The minimum absolute atomic E-state index is 0.209. The van der Waals surface area contributed by atoms with Gasteiger partial charge in [-0.2, -0.15) is 0 Å². The van der Waals surface area contributed by atoms with Crippen molar-refractivity contribution in [2.75, 3.05) is 0 Å². The van der Waals surface area contributed by atoms with Gasteiger partial charge in [0.15, 0.2) is 0 Å². The Morgan fingerprint density at radius 2 is 1.84 bits per heavy atom. The highest BCUT2D eigenvalue weighted by Gasteiger charge is 2.17. The van der Waals surface area contributed by atoms with Gasteiger partial charge in [0, 0.05) is 0 Å². The Balaban J connectivity index is 1.79. The summed E-state index contributed by atoms with van der Waals surface area (Å²) in [5, 5.41) is 0.209. The van der Waals surface area contributed by atoms with Crippen LogP contribution in [0.1, 0.15) is 74.8 Å². The van der Waals surface area contributed by atoms with E-state index < -0.39 is 0 Å². The van der Waals surface area contributed by atoms with E-state index in [1.165, 1.54) is 62.5 Å². The Hall–Kier alpha value is -0.490. The summed E-state index contributed by atoms with van der Waals surface area (Å²) in [5.74, 6) is 0.949. The van der Waals surface area contributed by atoms with Crippen LogP contribution in [0.4, 0.5) is 0 Å². The third-order valence-corrected chi connectivity index (χ3v) is 4.93. The van der Waals surface area contributed by atoms with Crippen LogP contribution < -0.4 is 0 Å². The number of hydrogen-bond donors (Lipinski definition) is 0. The summed E-state index contributed by atoms with van der Waals surface area (Å²) < 4.78 is 0. The van der Waals surface area contributed by atoms with Crippen LogP contribution in [-0.4, -0.2) is 0 Å². The fourth-order valence-electron chi connectivity index (χ4n) is 3.12. The first-order chi connectivity index (χ1) is 9.29. The van der Waals surface area contributed by atoms with Crippen LogP contribution in [0, 0.1) is 5.92 Å². The standard InChI is InChI=1S/C18H27Cl/c1-2-3-6-16-9-12-17(13-10-16)18(19)14-11-15-7-4-5-8-15/h9-10,12-13,15,18H,2-8,11,14H2,1H3. The van der Waals surface area contributed by atoms with Crippen molar-refractivity contribution in [2.45, 2.75) is 70.1 Å². The van der Waals surface area contributed by atoms with E-state index >= 15 is 0 Å². The summed E-state index contributed by atoms with van der Waals surface area (Å²) in [5.41, 5.74) is 2.75. The molecule has 0 nitrogen and oxygen atoms in total. The summed E-state index contributed by atoms with van der Waals surface area (Å²) in [6, 6.07) is 8.99. The lowest BCUT2D eigenvalue weighted by atomic mass is 9.97. The SMILES string of the molecule is CCCCc1ccc(C(Cl)CCC2CCCC2)cc1. The summed E-state index contributed by atoms with van der Waals surface area (Å²) in [6.07, 6.45) is 11.9. The molecule has 1 fully saturated rings. The third-order valence-electron chi connectivity index (χ3n) is 4.46. The molecule has 0 heterocycles. The summed E-state index contributed by atoms with van der Waals surface area (Å²) in [7, 11) is 0. The van der Waals surface area contributed by atoms with Crippen molar-refractivity contribution in [1.29, 1.82) is 0 Å². The highest BCUT2D eigenvalue weighted by Crippen LogP contribution is 2.33. The molecule has 1 aromatic carbocycles. The van der Waals surface area contributed by atoms with Crippen molar-refractivity contribution in [3.05, 3.63) is 35.4 Å². The topological polar surface area (TPSA) is 0 Å². The van der Waals surface area contributed by atoms with Crippen LogP contribution in [0.3, 0.4) is 0 Å². The zero-order chi connectivity index (χ0) is 13.5.